The van der Waals surface area contributed by atoms with Crippen molar-refractivity contribution in [1.29, 1.82) is 0 Å². The smallest absolute Gasteiger partial charge is 0.242 e. The molecule has 0 saturated carbocycles. The molecule has 2 aliphatic rings. The van der Waals surface area contributed by atoms with E-state index in [1.165, 1.54) is 28.5 Å². The van der Waals surface area contributed by atoms with E-state index in [1.54, 1.807) is 18.7 Å². The number of hydrogen-bond donors (Lipinski definition) is 2. The molecule has 13 heteroatoms. The topological polar surface area (TPSA) is 150 Å². The van der Waals surface area contributed by atoms with Crippen LogP contribution >= 0.6 is 23.5 Å². The molecule has 50 heavy (non-hydrogen) atoms. The van der Waals surface area contributed by atoms with Crippen LogP contribution in [0.2, 0.25) is 0 Å². The Hall–Kier alpha value is -2.41. The molecule has 3 atom stereocenters. The molecule has 3 unspecified atom stereocenters. The van der Waals surface area contributed by atoms with Crippen LogP contribution in [0.4, 0.5) is 0 Å². The van der Waals surface area contributed by atoms with Crippen LogP contribution in [0.15, 0.2) is 0 Å². The van der Waals surface area contributed by atoms with Gasteiger partial charge in [-0.05, 0) is 70.3 Å². The number of ketones is 1. The first kappa shape index (κ1) is 54.4. The average Bonchev–Trinajstić information content (AvgIpc) is 3.40. The highest BCUT2D eigenvalue weighted by Crippen LogP contribution is 2.26. The lowest BCUT2D eigenvalue weighted by Crippen LogP contribution is -2.32. The third-order valence-corrected chi connectivity index (χ3v) is 9.88. The summed E-state index contributed by atoms with van der Waals surface area (Å²) in [6, 6.07) is 0.165. The van der Waals surface area contributed by atoms with Gasteiger partial charge in [0.25, 0.3) is 0 Å². The third-order valence-electron chi connectivity index (χ3n) is 7.67. The van der Waals surface area contributed by atoms with Crippen molar-refractivity contribution in [2.24, 2.45) is 0 Å². The lowest BCUT2D eigenvalue weighted by Gasteiger charge is -2.14. The molecule has 2 aliphatic heterocycles. The van der Waals surface area contributed by atoms with Crippen molar-refractivity contribution in [2.75, 3.05) is 31.1 Å². The van der Waals surface area contributed by atoms with Gasteiger partial charge in [-0.3, -0.25) is 38.6 Å². The van der Waals surface area contributed by atoms with E-state index in [1.807, 2.05) is 20.8 Å². The first-order chi connectivity index (χ1) is 21.9. The van der Waals surface area contributed by atoms with Crippen molar-refractivity contribution < 1.29 is 33.6 Å². The molecule has 2 rings (SSSR count). The van der Waals surface area contributed by atoms with Crippen LogP contribution in [-0.4, -0.2) is 98.7 Å². The monoisotopic (exact) mass is 748 g/mol. The van der Waals surface area contributed by atoms with Crippen LogP contribution in [-0.2, 0) is 33.6 Å². The zero-order valence-electron chi connectivity index (χ0n) is 28.5. The van der Waals surface area contributed by atoms with Crippen LogP contribution < -0.4 is 10.6 Å². The van der Waals surface area contributed by atoms with Gasteiger partial charge in [0, 0.05) is 58.3 Å². The van der Waals surface area contributed by atoms with Crippen molar-refractivity contribution in [2.45, 2.75) is 164 Å². The molecule has 0 aromatic rings. The van der Waals surface area contributed by atoms with Gasteiger partial charge >= 0.3 is 0 Å². The van der Waals surface area contributed by atoms with Crippen LogP contribution in [0.25, 0.3) is 0 Å². The normalized spacial score (nSPS) is 17.0. The Morgan fingerprint density at radius 3 is 1.58 bits per heavy atom. The number of nitrogens with one attached hydrogen (secondary N) is 2. The maximum Gasteiger partial charge on any atom is 0.242 e. The lowest BCUT2D eigenvalue weighted by atomic mass is 10.1. The molecule has 0 aromatic heterocycles. The number of carbonyl (C=O) groups excluding carboxylic acids is 7. The van der Waals surface area contributed by atoms with Gasteiger partial charge in [-0.1, -0.05) is 56.4 Å². The maximum absolute atomic E-state index is 12.1. The summed E-state index contributed by atoms with van der Waals surface area (Å²) in [6.07, 6.45) is 9.36. The molecule has 0 aliphatic carbocycles. The Morgan fingerprint density at radius 1 is 0.700 bits per heavy atom. The van der Waals surface area contributed by atoms with E-state index in [0.29, 0.717) is 45.3 Å². The zero-order chi connectivity index (χ0) is 34.5. The minimum absolute atomic E-state index is 0. The molecular formula is C37H72N4O7S2. The largest absolute Gasteiger partial charge is 0.356 e. The summed E-state index contributed by atoms with van der Waals surface area (Å²) >= 11 is 3.08. The number of rotatable bonds is 22. The van der Waals surface area contributed by atoms with Crippen molar-refractivity contribution in [1.82, 2.24) is 20.4 Å². The van der Waals surface area contributed by atoms with E-state index in [4.69, 9.17) is 0 Å². The van der Waals surface area contributed by atoms with Gasteiger partial charge in [0.05, 0.1) is 10.5 Å². The van der Waals surface area contributed by atoms with Gasteiger partial charge in [0.1, 0.15) is 5.78 Å². The van der Waals surface area contributed by atoms with E-state index in [9.17, 15) is 33.6 Å². The molecule has 0 spiro atoms. The number of hydrogen-bond acceptors (Lipinski definition) is 9. The fraction of sp³-hybridized carbons (Fsp3) is 0.811. The number of thioether (sulfide) groups is 2. The molecular weight excluding hydrogens is 677 g/mol. The van der Waals surface area contributed by atoms with Gasteiger partial charge in [-0.25, -0.2) is 0 Å². The van der Waals surface area contributed by atoms with E-state index in [2.05, 4.69) is 10.6 Å². The first-order valence-corrected chi connectivity index (χ1v) is 19.0. The van der Waals surface area contributed by atoms with Gasteiger partial charge in [0.2, 0.25) is 35.4 Å². The second-order valence-corrected chi connectivity index (χ2v) is 14.8. The van der Waals surface area contributed by atoms with Gasteiger partial charge in [0.15, 0.2) is 0 Å². The fourth-order valence-corrected chi connectivity index (χ4v) is 7.17. The third kappa shape index (κ3) is 22.4. The van der Waals surface area contributed by atoms with Crippen LogP contribution in [0, 0.1) is 0 Å². The van der Waals surface area contributed by atoms with Crippen LogP contribution in [0.1, 0.15) is 148 Å². The Morgan fingerprint density at radius 2 is 1.16 bits per heavy atom. The predicted octanol–water partition coefficient (Wildman–Crippen LogP) is 6.80. The molecule has 2 heterocycles. The van der Waals surface area contributed by atoms with Crippen molar-refractivity contribution in [3.8, 4) is 0 Å². The van der Waals surface area contributed by atoms with E-state index >= 15 is 0 Å². The number of carbonyl (C=O) groups is 7. The first-order valence-electron chi connectivity index (χ1n) is 16.9. The van der Waals surface area contributed by atoms with Crippen molar-refractivity contribution in [3.05, 3.63) is 0 Å². The summed E-state index contributed by atoms with van der Waals surface area (Å²) in [7, 11) is 0. The number of Topliss-reactive ketones (excluding diaryl/α,β-unsaturated/α-hetero) is 1. The summed E-state index contributed by atoms with van der Waals surface area (Å²) in [5.74, 6) is 1.72. The maximum atomic E-state index is 12.1. The van der Waals surface area contributed by atoms with Gasteiger partial charge in [-0.2, -0.15) is 0 Å². The second kappa shape index (κ2) is 31.3. The highest BCUT2D eigenvalue weighted by Gasteiger charge is 2.38. The number of nitrogens with zero attached hydrogens (tertiary/aromatic N) is 2. The Bertz CT molecular complexity index is 1030. The summed E-state index contributed by atoms with van der Waals surface area (Å²) in [5, 5.41) is 5.39. The minimum atomic E-state index is -0.204. The average molecular weight is 749 g/mol. The number of amides is 6. The second-order valence-electron chi connectivity index (χ2n) is 11.8. The molecule has 0 radical (unpaired) electrons. The van der Waals surface area contributed by atoms with Crippen LogP contribution in [0.5, 0.6) is 0 Å². The summed E-state index contributed by atoms with van der Waals surface area (Å²) < 4.78 is 0. The SMILES string of the molecule is C.C.C.C.CCSC1CC(=O)N(CCCCCC(=O)NCCCCC(C)NC(C)=O)C1=O.CCSC1CC(=O)N(CCCCCC(C)=O)C1=O. The molecule has 294 valence electrons. The zero-order valence-corrected chi connectivity index (χ0v) is 30.2. The number of likely N-dealkylation sites (tertiary alicyclic amines) is 2. The van der Waals surface area contributed by atoms with Crippen LogP contribution in [0.3, 0.4) is 0 Å². The lowest BCUT2D eigenvalue weighted by molar-refractivity contribution is -0.139. The summed E-state index contributed by atoms with van der Waals surface area (Å²) in [4.78, 5) is 83.9. The molecule has 2 saturated heterocycles. The standard InChI is InChI=1S/C20H35N3O4S.C13H21NO3S.4CH4/c1-4-28-17-14-19(26)23(20(17)27)13-9-5-6-11-18(25)21-12-8-7-10-15(2)22-16(3)24;1-3-18-11-9-12(16)14(13(11)17)8-6-4-5-7-10(2)15;;;;/h15,17H,4-14H2,1-3H3,(H,21,25)(H,22,24);11H,3-9H2,1-2H3;4*1H4. The summed E-state index contributed by atoms with van der Waals surface area (Å²) in [5.41, 5.74) is 0. The highest BCUT2D eigenvalue weighted by atomic mass is 32.2. The van der Waals surface area contributed by atoms with Gasteiger partial charge < -0.3 is 15.4 Å². The number of imide groups is 2. The quantitative estimate of drug-likeness (QED) is 0.0901. The minimum Gasteiger partial charge on any atom is -0.356 e. The fourth-order valence-electron chi connectivity index (χ4n) is 5.30. The Kier molecular flexibility index (Phi) is 34.1. The molecule has 6 amide bonds. The van der Waals surface area contributed by atoms with E-state index in [-0.39, 0.29) is 87.5 Å². The predicted molar refractivity (Wildman–Crippen MR) is 211 cm³/mol. The van der Waals surface area contributed by atoms with E-state index in [0.717, 1.165) is 69.3 Å². The van der Waals surface area contributed by atoms with Crippen molar-refractivity contribution >= 4 is 64.8 Å². The molecule has 2 fully saturated rings. The van der Waals surface area contributed by atoms with E-state index < -0.39 is 0 Å². The molecule has 0 aromatic carbocycles. The summed E-state index contributed by atoms with van der Waals surface area (Å²) in [6.45, 7) is 10.7. The van der Waals surface area contributed by atoms with Gasteiger partial charge in [-0.15, -0.1) is 23.5 Å². The molecule has 0 bridgehead atoms. The Labute approximate surface area is 313 Å². The molecule has 2 N–H and O–H groups in total. The number of unbranched alkanes of at least 4 members (excludes halogenated alkanes) is 5. The molecule has 11 nitrogen and oxygen atoms in total. The Balaban J connectivity index is -0.000000422. The van der Waals surface area contributed by atoms with Crippen molar-refractivity contribution in [3.63, 3.8) is 0 Å². The highest BCUT2D eigenvalue weighted by molar-refractivity contribution is 8.00.